The SMILES string of the molecule is Fc1ccc(CCn2c(=S)[nH]c3c(F)cc(F)cc32)cc1. The van der Waals surface area contributed by atoms with Crippen LogP contribution >= 0.6 is 12.2 Å². The van der Waals surface area contributed by atoms with E-state index in [2.05, 4.69) is 4.98 Å². The maximum absolute atomic E-state index is 13.7. The van der Waals surface area contributed by atoms with Crippen LogP contribution in [0.2, 0.25) is 0 Å². The average Bonchev–Trinajstić information content (AvgIpc) is 2.75. The fourth-order valence-corrected chi connectivity index (χ4v) is 2.59. The van der Waals surface area contributed by atoms with Crippen molar-refractivity contribution in [3.8, 4) is 0 Å². The molecule has 0 atom stereocenters. The normalized spacial score (nSPS) is 11.2. The number of fused-ring (bicyclic) bond motifs is 1. The van der Waals surface area contributed by atoms with Crippen LogP contribution in [-0.4, -0.2) is 9.55 Å². The zero-order chi connectivity index (χ0) is 15.0. The van der Waals surface area contributed by atoms with Crippen LogP contribution in [0.4, 0.5) is 13.2 Å². The lowest BCUT2D eigenvalue weighted by atomic mass is 10.1. The highest BCUT2D eigenvalue weighted by Crippen LogP contribution is 2.20. The van der Waals surface area contributed by atoms with E-state index >= 15 is 0 Å². The molecule has 3 aromatic rings. The first-order valence-corrected chi connectivity index (χ1v) is 6.77. The Bertz CT molecular complexity index is 850. The second kappa shape index (κ2) is 5.37. The number of hydrogen-bond acceptors (Lipinski definition) is 1. The van der Waals surface area contributed by atoms with Crippen molar-refractivity contribution in [3.05, 3.63) is 64.2 Å². The van der Waals surface area contributed by atoms with Crippen molar-refractivity contribution >= 4 is 23.3 Å². The van der Waals surface area contributed by atoms with Gasteiger partial charge in [0.2, 0.25) is 0 Å². The number of benzene rings is 2. The number of halogens is 3. The van der Waals surface area contributed by atoms with Gasteiger partial charge in [-0.2, -0.15) is 0 Å². The number of rotatable bonds is 3. The molecule has 108 valence electrons. The highest BCUT2D eigenvalue weighted by molar-refractivity contribution is 7.71. The van der Waals surface area contributed by atoms with Crippen LogP contribution in [-0.2, 0) is 13.0 Å². The Labute approximate surface area is 123 Å². The van der Waals surface area contributed by atoms with Gasteiger partial charge in [0.1, 0.15) is 17.2 Å². The summed E-state index contributed by atoms with van der Waals surface area (Å²) in [5, 5.41) is 0. The van der Waals surface area contributed by atoms with Gasteiger partial charge in [0, 0.05) is 12.6 Å². The molecule has 0 aliphatic heterocycles. The fourth-order valence-electron chi connectivity index (χ4n) is 2.29. The van der Waals surface area contributed by atoms with E-state index in [1.807, 2.05) is 0 Å². The molecule has 2 nitrogen and oxygen atoms in total. The Balaban J connectivity index is 1.95. The average molecular weight is 308 g/mol. The number of H-pyrrole nitrogens is 1. The Hall–Kier alpha value is -2.08. The lowest BCUT2D eigenvalue weighted by molar-refractivity contribution is 0.589. The summed E-state index contributed by atoms with van der Waals surface area (Å²) in [6, 6.07) is 8.17. The molecule has 0 saturated heterocycles. The van der Waals surface area contributed by atoms with Gasteiger partial charge in [0.25, 0.3) is 0 Å². The van der Waals surface area contributed by atoms with E-state index in [-0.39, 0.29) is 11.3 Å². The first kappa shape index (κ1) is 13.9. The van der Waals surface area contributed by atoms with Gasteiger partial charge < -0.3 is 9.55 Å². The van der Waals surface area contributed by atoms with Crippen LogP contribution in [0.25, 0.3) is 11.0 Å². The largest absolute Gasteiger partial charge is 0.328 e. The van der Waals surface area contributed by atoms with Crippen LogP contribution in [0.5, 0.6) is 0 Å². The zero-order valence-electron chi connectivity index (χ0n) is 10.9. The molecule has 0 bridgehead atoms. The number of nitrogens with zero attached hydrogens (tertiary/aromatic N) is 1. The third kappa shape index (κ3) is 2.71. The minimum atomic E-state index is -0.670. The number of nitrogens with one attached hydrogen (secondary N) is 1. The molecule has 0 spiro atoms. The molecular formula is C15H11F3N2S. The minimum absolute atomic E-state index is 0.195. The first-order valence-electron chi connectivity index (χ1n) is 6.36. The predicted molar refractivity (Wildman–Crippen MR) is 77.1 cm³/mol. The summed E-state index contributed by atoms with van der Waals surface area (Å²) in [6.07, 6.45) is 0.583. The fraction of sp³-hybridized carbons (Fsp3) is 0.133. The molecule has 3 rings (SSSR count). The highest BCUT2D eigenvalue weighted by Gasteiger charge is 2.11. The van der Waals surface area contributed by atoms with Crippen LogP contribution in [0.1, 0.15) is 5.56 Å². The second-order valence-corrected chi connectivity index (χ2v) is 5.13. The molecule has 0 aliphatic carbocycles. The van der Waals surface area contributed by atoms with Crippen LogP contribution in [0.3, 0.4) is 0 Å². The van der Waals surface area contributed by atoms with E-state index in [4.69, 9.17) is 12.2 Å². The summed E-state index contributed by atoms with van der Waals surface area (Å²) in [6.45, 7) is 0.452. The highest BCUT2D eigenvalue weighted by atomic mass is 32.1. The minimum Gasteiger partial charge on any atom is -0.328 e. The summed E-state index contributed by atoms with van der Waals surface area (Å²) in [7, 11) is 0. The smallest absolute Gasteiger partial charge is 0.178 e. The van der Waals surface area contributed by atoms with Gasteiger partial charge in [-0.1, -0.05) is 12.1 Å². The summed E-state index contributed by atoms with van der Waals surface area (Å²) in [5.74, 6) is -1.62. The van der Waals surface area contributed by atoms with E-state index in [1.165, 1.54) is 18.2 Å². The van der Waals surface area contributed by atoms with Gasteiger partial charge in [-0.25, -0.2) is 13.2 Å². The number of aromatic nitrogens is 2. The Kier molecular flexibility index (Phi) is 3.55. The van der Waals surface area contributed by atoms with E-state index in [0.29, 0.717) is 23.3 Å². The predicted octanol–water partition coefficient (Wildman–Crippen LogP) is 4.36. The molecule has 1 aromatic heterocycles. The maximum atomic E-state index is 13.7. The molecule has 1 N–H and O–H groups in total. The maximum Gasteiger partial charge on any atom is 0.178 e. The van der Waals surface area contributed by atoms with Crippen LogP contribution in [0.15, 0.2) is 36.4 Å². The first-order chi connectivity index (χ1) is 10.0. The zero-order valence-corrected chi connectivity index (χ0v) is 11.7. The quantitative estimate of drug-likeness (QED) is 0.713. The third-order valence-corrected chi connectivity index (χ3v) is 3.66. The summed E-state index contributed by atoms with van der Waals surface area (Å²) < 4.78 is 41.8. The lowest BCUT2D eigenvalue weighted by Crippen LogP contribution is -2.01. The summed E-state index contributed by atoms with van der Waals surface area (Å²) in [4.78, 5) is 2.74. The standard InChI is InChI=1S/C15H11F3N2S/c16-10-3-1-9(2-4-10)5-6-20-13-8-11(17)7-12(18)14(13)19-15(20)21/h1-4,7-8H,5-6H2,(H,19,21). The number of imidazole rings is 1. The van der Waals surface area contributed by atoms with Crippen molar-refractivity contribution in [2.24, 2.45) is 0 Å². The number of aryl methyl sites for hydroxylation is 2. The Morgan fingerprint density at radius 3 is 2.43 bits per heavy atom. The molecule has 0 fully saturated rings. The van der Waals surface area contributed by atoms with E-state index in [0.717, 1.165) is 11.6 Å². The van der Waals surface area contributed by atoms with E-state index < -0.39 is 11.6 Å². The van der Waals surface area contributed by atoms with Crippen molar-refractivity contribution in [1.82, 2.24) is 9.55 Å². The van der Waals surface area contributed by atoms with Crippen molar-refractivity contribution in [1.29, 1.82) is 0 Å². The monoisotopic (exact) mass is 308 g/mol. The van der Waals surface area contributed by atoms with Gasteiger partial charge in [-0.3, -0.25) is 0 Å². The van der Waals surface area contributed by atoms with Gasteiger partial charge in [0.15, 0.2) is 10.6 Å². The third-order valence-electron chi connectivity index (χ3n) is 3.34. The van der Waals surface area contributed by atoms with E-state index in [1.54, 1.807) is 16.7 Å². The second-order valence-electron chi connectivity index (χ2n) is 4.74. The Morgan fingerprint density at radius 2 is 1.71 bits per heavy atom. The van der Waals surface area contributed by atoms with Crippen LogP contribution in [0, 0.1) is 22.2 Å². The van der Waals surface area contributed by atoms with E-state index in [9.17, 15) is 13.2 Å². The van der Waals surface area contributed by atoms with Crippen molar-refractivity contribution < 1.29 is 13.2 Å². The van der Waals surface area contributed by atoms with Gasteiger partial charge in [-0.15, -0.1) is 0 Å². The van der Waals surface area contributed by atoms with Crippen molar-refractivity contribution in [2.75, 3.05) is 0 Å². The number of hydrogen-bond donors (Lipinski definition) is 1. The van der Waals surface area contributed by atoms with Crippen molar-refractivity contribution in [2.45, 2.75) is 13.0 Å². The number of aromatic amines is 1. The summed E-state index contributed by atoms with van der Waals surface area (Å²) in [5.41, 5.74) is 1.50. The molecule has 0 radical (unpaired) electrons. The molecule has 0 aliphatic rings. The van der Waals surface area contributed by atoms with Crippen LogP contribution < -0.4 is 0 Å². The van der Waals surface area contributed by atoms with Gasteiger partial charge >= 0.3 is 0 Å². The van der Waals surface area contributed by atoms with Gasteiger partial charge in [0.05, 0.1) is 5.52 Å². The van der Waals surface area contributed by atoms with Gasteiger partial charge in [-0.05, 0) is 42.4 Å². The lowest BCUT2D eigenvalue weighted by Gasteiger charge is -2.05. The summed E-state index contributed by atoms with van der Waals surface area (Å²) >= 11 is 5.15. The molecule has 6 heteroatoms. The molecule has 0 saturated carbocycles. The molecule has 21 heavy (non-hydrogen) atoms. The molecule has 1 heterocycles. The Morgan fingerprint density at radius 1 is 1.00 bits per heavy atom. The molecular weight excluding hydrogens is 297 g/mol. The molecule has 0 amide bonds. The van der Waals surface area contributed by atoms with Crippen molar-refractivity contribution in [3.63, 3.8) is 0 Å². The topological polar surface area (TPSA) is 20.7 Å². The molecule has 0 unspecified atom stereocenters. The molecule has 2 aromatic carbocycles.